The van der Waals surface area contributed by atoms with E-state index in [1.54, 1.807) is 0 Å². The molecule has 0 saturated carbocycles. The predicted octanol–water partition coefficient (Wildman–Crippen LogP) is 2.00. The van der Waals surface area contributed by atoms with Gasteiger partial charge in [-0.25, -0.2) is 4.98 Å². The summed E-state index contributed by atoms with van der Waals surface area (Å²) in [4.78, 5) is 6.92. The molecule has 90 valence electrons. The molecule has 1 fully saturated rings. The first kappa shape index (κ1) is 11.8. The Morgan fingerprint density at radius 1 is 1.38 bits per heavy atom. The summed E-state index contributed by atoms with van der Waals surface area (Å²) in [5.74, 6) is 0.951. The highest BCUT2D eigenvalue weighted by Crippen LogP contribution is 2.11. The van der Waals surface area contributed by atoms with Gasteiger partial charge in [0.25, 0.3) is 0 Å². The number of rotatable bonds is 6. The van der Waals surface area contributed by atoms with E-state index in [9.17, 15) is 0 Å². The van der Waals surface area contributed by atoms with Gasteiger partial charge in [-0.1, -0.05) is 6.92 Å². The maximum Gasteiger partial charge on any atom is 0.202 e. The Kier molecular flexibility index (Phi) is 4.54. The molecular weight excluding hydrogens is 220 g/mol. The van der Waals surface area contributed by atoms with Crippen molar-refractivity contribution in [3.8, 4) is 0 Å². The van der Waals surface area contributed by atoms with E-state index < -0.39 is 0 Å². The summed E-state index contributed by atoms with van der Waals surface area (Å²) >= 11 is 1.47. The summed E-state index contributed by atoms with van der Waals surface area (Å²) in [6.45, 7) is 6.89. The van der Waals surface area contributed by atoms with Crippen LogP contribution in [0.2, 0.25) is 0 Å². The van der Waals surface area contributed by atoms with E-state index in [0.29, 0.717) is 0 Å². The van der Waals surface area contributed by atoms with Crippen molar-refractivity contribution in [3.63, 3.8) is 0 Å². The minimum atomic E-state index is 0.923. The molecule has 1 saturated heterocycles. The maximum atomic E-state index is 4.38. The molecule has 2 rings (SSSR count). The van der Waals surface area contributed by atoms with Crippen LogP contribution in [-0.4, -0.2) is 40.4 Å². The highest BCUT2D eigenvalue weighted by molar-refractivity contribution is 7.09. The Hall–Kier alpha value is -0.680. The summed E-state index contributed by atoms with van der Waals surface area (Å²) in [6, 6.07) is 0. The van der Waals surface area contributed by atoms with Crippen molar-refractivity contribution < 1.29 is 0 Å². The van der Waals surface area contributed by atoms with Gasteiger partial charge in [-0.3, -0.25) is 0 Å². The van der Waals surface area contributed by atoms with Crippen molar-refractivity contribution in [1.29, 1.82) is 0 Å². The predicted molar refractivity (Wildman–Crippen MR) is 68.1 cm³/mol. The normalized spacial score (nSPS) is 16.8. The largest absolute Gasteiger partial charge is 0.360 e. The van der Waals surface area contributed by atoms with Crippen LogP contribution in [0.4, 0.5) is 5.13 Å². The fourth-order valence-corrected chi connectivity index (χ4v) is 2.65. The number of anilines is 1. The van der Waals surface area contributed by atoms with Gasteiger partial charge in [0, 0.05) is 24.5 Å². The molecule has 0 bridgehead atoms. The van der Waals surface area contributed by atoms with E-state index in [-0.39, 0.29) is 0 Å². The van der Waals surface area contributed by atoms with Gasteiger partial charge in [-0.05, 0) is 38.9 Å². The summed E-state index contributed by atoms with van der Waals surface area (Å²) in [5.41, 5.74) is 0. The molecule has 2 heterocycles. The van der Waals surface area contributed by atoms with E-state index >= 15 is 0 Å². The van der Waals surface area contributed by atoms with E-state index in [4.69, 9.17) is 0 Å². The van der Waals surface area contributed by atoms with Crippen LogP contribution in [0.15, 0.2) is 0 Å². The van der Waals surface area contributed by atoms with Gasteiger partial charge in [0.1, 0.15) is 5.82 Å². The zero-order chi connectivity index (χ0) is 11.2. The summed E-state index contributed by atoms with van der Waals surface area (Å²) in [7, 11) is 0. The van der Waals surface area contributed by atoms with Gasteiger partial charge in [0.05, 0.1) is 0 Å². The zero-order valence-corrected chi connectivity index (χ0v) is 10.7. The third-order valence-electron chi connectivity index (χ3n) is 2.91. The Bertz CT molecular complexity index is 307. The van der Waals surface area contributed by atoms with E-state index in [2.05, 4.69) is 26.5 Å². The molecule has 0 atom stereocenters. The van der Waals surface area contributed by atoms with E-state index in [1.807, 2.05) is 0 Å². The van der Waals surface area contributed by atoms with Crippen molar-refractivity contribution >= 4 is 16.7 Å². The van der Waals surface area contributed by atoms with Crippen LogP contribution in [0, 0.1) is 0 Å². The first-order valence-corrected chi connectivity index (χ1v) is 6.94. The topological polar surface area (TPSA) is 41.1 Å². The van der Waals surface area contributed by atoms with Gasteiger partial charge in [-0.15, -0.1) is 0 Å². The Morgan fingerprint density at radius 3 is 2.88 bits per heavy atom. The molecule has 0 unspecified atom stereocenters. The van der Waals surface area contributed by atoms with Crippen LogP contribution in [-0.2, 0) is 6.42 Å². The van der Waals surface area contributed by atoms with E-state index in [0.717, 1.165) is 23.9 Å². The molecule has 0 radical (unpaired) electrons. The molecule has 1 aliphatic rings. The van der Waals surface area contributed by atoms with Crippen molar-refractivity contribution in [3.05, 3.63) is 5.82 Å². The standard InChI is InChI=1S/C11H20N4S/c1-2-10-13-11(16-14-10)12-6-5-9-15-7-3-4-8-15/h2-9H2,1H3,(H,12,13,14). The lowest BCUT2D eigenvalue weighted by molar-refractivity contribution is 0.337. The van der Waals surface area contributed by atoms with Crippen LogP contribution in [0.25, 0.3) is 0 Å². The summed E-state index contributed by atoms with van der Waals surface area (Å²) in [6.07, 6.45) is 4.88. The second-order valence-corrected chi connectivity index (χ2v) is 4.95. The Morgan fingerprint density at radius 2 is 2.19 bits per heavy atom. The van der Waals surface area contributed by atoms with Crippen molar-refractivity contribution in [2.45, 2.75) is 32.6 Å². The van der Waals surface area contributed by atoms with Gasteiger partial charge in [0.15, 0.2) is 0 Å². The number of aryl methyl sites for hydroxylation is 1. The quantitative estimate of drug-likeness (QED) is 0.772. The minimum Gasteiger partial charge on any atom is -0.360 e. The molecule has 1 aromatic rings. The fourth-order valence-electron chi connectivity index (χ4n) is 1.97. The summed E-state index contributed by atoms with van der Waals surface area (Å²) < 4.78 is 4.25. The lowest BCUT2D eigenvalue weighted by atomic mass is 10.4. The smallest absolute Gasteiger partial charge is 0.202 e. The van der Waals surface area contributed by atoms with Crippen LogP contribution >= 0.6 is 11.5 Å². The molecule has 1 N–H and O–H groups in total. The van der Waals surface area contributed by atoms with Crippen molar-refractivity contribution in [2.24, 2.45) is 0 Å². The second kappa shape index (κ2) is 6.15. The highest BCUT2D eigenvalue weighted by Gasteiger charge is 2.10. The minimum absolute atomic E-state index is 0.923. The average molecular weight is 240 g/mol. The number of likely N-dealkylation sites (tertiary alicyclic amines) is 1. The van der Waals surface area contributed by atoms with Crippen LogP contribution < -0.4 is 5.32 Å². The number of hydrogen-bond donors (Lipinski definition) is 1. The van der Waals surface area contributed by atoms with E-state index in [1.165, 1.54) is 50.4 Å². The number of aromatic nitrogens is 2. The molecule has 0 aliphatic carbocycles. The highest BCUT2D eigenvalue weighted by atomic mass is 32.1. The third-order valence-corrected chi connectivity index (χ3v) is 3.62. The maximum absolute atomic E-state index is 4.38. The Labute approximate surface area is 101 Å². The number of nitrogens with one attached hydrogen (secondary N) is 1. The number of nitrogens with zero attached hydrogens (tertiary/aromatic N) is 3. The first-order chi connectivity index (χ1) is 7.88. The van der Waals surface area contributed by atoms with Gasteiger partial charge in [-0.2, -0.15) is 4.37 Å². The molecule has 0 spiro atoms. The van der Waals surface area contributed by atoms with Crippen LogP contribution in [0.5, 0.6) is 0 Å². The molecule has 0 aromatic carbocycles. The SMILES string of the molecule is CCc1nsc(NCCCN2CCCC2)n1. The van der Waals surface area contributed by atoms with Crippen LogP contribution in [0.1, 0.15) is 32.0 Å². The molecule has 4 nitrogen and oxygen atoms in total. The average Bonchev–Trinajstić information content (AvgIpc) is 2.95. The zero-order valence-electron chi connectivity index (χ0n) is 9.91. The second-order valence-electron chi connectivity index (χ2n) is 4.20. The van der Waals surface area contributed by atoms with Crippen molar-refractivity contribution in [1.82, 2.24) is 14.3 Å². The fraction of sp³-hybridized carbons (Fsp3) is 0.818. The molecule has 1 aliphatic heterocycles. The molecule has 16 heavy (non-hydrogen) atoms. The Balaban J connectivity index is 1.60. The van der Waals surface area contributed by atoms with Gasteiger partial charge < -0.3 is 10.2 Å². The molecule has 1 aromatic heterocycles. The summed E-state index contributed by atoms with van der Waals surface area (Å²) in [5, 5.41) is 4.31. The lowest BCUT2D eigenvalue weighted by Gasteiger charge is -2.13. The lowest BCUT2D eigenvalue weighted by Crippen LogP contribution is -2.22. The number of hydrogen-bond acceptors (Lipinski definition) is 5. The molecule has 5 heteroatoms. The first-order valence-electron chi connectivity index (χ1n) is 6.17. The molecule has 0 amide bonds. The monoisotopic (exact) mass is 240 g/mol. The van der Waals surface area contributed by atoms with Crippen LogP contribution in [0.3, 0.4) is 0 Å². The van der Waals surface area contributed by atoms with Gasteiger partial charge >= 0.3 is 0 Å². The third kappa shape index (κ3) is 3.42. The van der Waals surface area contributed by atoms with Gasteiger partial charge in [0.2, 0.25) is 5.13 Å². The molecular formula is C11H20N4S. The van der Waals surface area contributed by atoms with Crippen molar-refractivity contribution in [2.75, 3.05) is 31.5 Å².